The summed E-state index contributed by atoms with van der Waals surface area (Å²) in [7, 11) is 0. The van der Waals surface area contributed by atoms with Crippen molar-refractivity contribution in [1.29, 1.82) is 0 Å². The van der Waals surface area contributed by atoms with Crippen LogP contribution in [0.1, 0.15) is 12.0 Å². The summed E-state index contributed by atoms with van der Waals surface area (Å²) in [6, 6.07) is 6.34. The first-order valence-electron chi connectivity index (χ1n) is 7.58. The number of anilines is 1. The number of alkyl halides is 3. The molecule has 5 nitrogen and oxygen atoms in total. The minimum atomic E-state index is -4.68. The Morgan fingerprint density at radius 3 is 2.79 bits per heavy atom. The molecule has 1 fully saturated rings. The van der Waals surface area contributed by atoms with E-state index in [1.807, 2.05) is 4.90 Å². The van der Waals surface area contributed by atoms with E-state index < -0.39 is 6.36 Å². The number of hydrogen-bond acceptors (Lipinski definition) is 5. The summed E-state index contributed by atoms with van der Waals surface area (Å²) in [5, 5.41) is 3.42. The highest BCUT2D eigenvalue weighted by Gasteiger charge is 2.31. The van der Waals surface area contributed by atoms with Gasteiger partial charge < -0.3 is 15.0 Å². The minimum Gasteiger partial charge on any atom is -0.406 e. The molecule has 24 heavy (non-hydrogen) atoms. The van der Waals surface area contributed by atoms with Crippen LogP contribution in [-0.4, -0.2) is 35.5 Å². The molecule has 1 aromatic heterocycles. The van der Waals surface area contributed by atoms with Crippen LogP contribution in [0, 0.1) is 0 Å². The van der Waals surface area contributed by atoms with Crippen LogP contribution in [0.4, 0.5) is 18.9 Å². The van der Waals surface area contributed by atoms with Gasteiger partial charge in [0, 0.05) is 55.4 Å². The molecule has 0 saturated carbocycles. The van der Waals surface area contributed by atoms with Crippen LogP contribution in [0.25, 0.3) is 0 Å². The van der Waals surface area contributed by atoms with Crippen molar-refractivity contribution in [2.75, 3.05) is 18.0 Å². The lowest BCUT2D eigenvalue weighted by atomic mass is 10.2. The molecule has 0 amide bonds. The van der Waals surface area contributed by atoms with Crippen molar-refractivity contribution in [1.82, 2.24) is 15.3 Å². The highest BCUT2D eigenvalue weighted by molar-refractivity contribution is 5.51. The van der Waals surface area contributed by atoms with E-state index in [1.165, 1.54) is 18.5 Å². The number of ether oxygens (including phenoxy) is 1. The van der Waals surface area contributed by atoms with E-state index in [4.69, 9.17) is 0 Å². The van der Waals surface area contributed by atoms with E-state index in [-0.39, 0.29) is 11.8 Å². The zero-order chi connectivity index (χ0) is 17.0. The van der Waals surface area contributed by atoms with E-state index >= 15 is 0 Å². The van der Waals surface area contributed by atoms with Crippen molar-refractivity contribution in [3.05, 3.63) is 48.5 Å². The predicted octanol–water partition coefficient (Wildman–Crippen LogP) is 2.74. The predicted molar refractivity (Wildman–Crippen MR) is 82.6 cm³/mol. The number of nitrogens with zero attached hydrogens (tertiary/aromatic N) is 3. The number of rotatable bonds is 5. The molecule has 128 valence electrons. The topological polar surface area (TPSA) is 50.3 Å². The summed E-state index contributed by atoms with van der Waals surface area (Å²) >= 11 is 0. The normalized spacial score (nSPS) is 18.0. The van der Waals surface area contributed by atoms with Gasteiger partial charge in [0.05, 0.1) is 0 Å². The average Bonchev–Trinajstić information content (AvgIpc) is 3.02. The maximum atomic E-state index is 12.3. The number of benzene rings is 1. The van der Waals surface area contributed by atoms with Gasteiger partial charge in [0.2, 0.25) is 0 Å². The Hall–Kier alpha value is -2.35. The average molecular weight is 338 g/mol. The maximum Gasteiger partial charge on any atom is 0.573 e. The van der Waals surface area contributed by atoms with Gasteiger partial charge in [-0.15, -0.1) is 13.2 Å². The lowest BCUT2D eigenvalue weighted by molar-refractivity contribution is -0.274. The Morgan fingerprint density at radius 2 is 2.04 bits per heavy atom. The molecular formula is C16H17F3N4O. The molecule has 3 rings (SSSR count). The van der Waals surface area contributed by atoms with Crippen LogP contribution < -0.4 is 15.0 Å². The second-order valence-electron chi connectivity index (χ2n) is 5.60. The third-order valence-electron chi connectivity index (χ3n) is 3.81. The van der Waals surface area contributed by atoms with Gasteiger partial charge in [-0.2, -0.15) is 0 Å². The zero-order valence-corrected chi connectivity index (χ0v) is 12.8. The lowest BCUT2D eigenvalue weighted by Gasteiger charge is -2.20. The summed E-state index contributed by atoms with van der Waals surface area (Å²) in [4.78, 5) is 9.97. The van der Waals surface area contributed by atoms with Gasteiger partial charge in [-0.05, 0) is 18.6 Å². The highest BCUT2D eigenvalue weighted by atomic mass is 19.4. The second-order valence-corrected chi connectivity index (χ2v) is 5.60. The fourth-order valence-corrected chi connectivity index (χ4v) is 2.72. The van der Waals surface area contributed by atoms with Gasteiger partial charge in [0.15, 0.2) is 0 Å². The van der Waals surface area contributed by atoms with Crippen molar-refractivity contribution in [3.63, 3.8) is 0 Å². The first-order valence-corrected chi connectivity index (χ1v) is 7.58. The van der Waals surface area contributed by atoms with Gasteiger partial charge in [-0.3, -0.25) is 0 Å². The summed E-state index contributed by atoms with van der Waals surface area (Å²) in [5.74, 6) is -0.196. The quantitative estimate of drug-likeness (QED) is 0.908. The van der Waals surface area contributed by atoms with Crippen molar-refractivity contribution in [2.24, 2.45) is 0 Å². The smallest absolute Gasteiger partial charge is 0.406 e. The first kappa shape index (κ1) is 16.5. The Kier molecular flexibility index (Phi) is 4.84. The zero-order valence-electron chi connectivity index (χ0n) is 12.8. The van der Waals surface area contributed by atoms with Crippen molar-refractivity contribution >= 4 is 5.69 Å². The molecule has 0 aliphatic carbocycles. The SMILES string of the molecule is FC(F)(F)Oc1cccc(N2CCC(NCc3cncnc3)C2)c1. The first-order chi connectivity index (χ1) is 11.5. The molecule has 8 heteroatoms. The molecule has 1 unspecified atom stereocenters. The van der Waals surface area contributed by atoms with Crippen LogP contribution in [0.5, 0.6) is 5.75 Å². The third-order valence-corrected chi connectivity index (χ3v) is 3.81. The van der Waals surface area contributed by atoms with Gasteiger partial charge in [0.1, 0.15) is 12.1 Å². The molecule has 0 radical (unpaired) electrons. The monoisotopic (exact) mass is 338 g/mol. The van der Waals surface area contributed by atoms with Crippen LogP contribution in [0.3, 0.4) is 0 Å². The highest BCUT2D eigenvalue weighted by Crippen LogP contribution is 2.28. The Bertz CT molecular complexity index is 666. The molecule has 1 aromatic carbocycles. The largest absolute Gasteiger partial charge is 0.573 e. The van der Waals surface area contributed by atoms with Crippen LogP contribution >= 0.6 is 0 Å². The van der Waals surface area contributed by atoms with Gasteiger partial charge in [0.25, 0.3) is 0 Å². The minimum absolute atomic E-state index is 0.196. The summed E-state index contributed by atoms with van der Waals surface area (Å²) in [6.45, 7) is 2.16. The van der Waals surface area contributed by atoms with E-state index in [9.17, 15) is 13.2 Å². The van der Waals surface area contributed by atoms with Crippen LogP contribution in [0.15, 0.2) is 43.0 Å². The van der Waals surface area contributed by atoms with E-state index in [0.717, 1.165) is 30.8 Å². The molecule has 2 aromatic rings. The molecule has 2 heterocycles. The molecule has 1 aliphatic rings. The molecule has 1 saturated heterocycles. The molecule has 0 bridgehead atoms. The Balaban J connectivity index is 1.56. The third kappa shape index (κ3) is 4.58. The standard InChI is InChI=1S/C16H17F3N4O/c17-16(18,19)24-15-3-1-2-14(6-15)23-5-4-13(10-23)22-9-12-7-20-11-21-8-12/h1-3,6-8,11,13,22H,4-5,9-10H2. The summed E-state index contributed by atoms with van der Waals surface area (Å²) in [6.07, 6.45) is 1.23. The number of aromatic nitrogens is 2. The lowest BCUT2D eigenvalue weighted by Crippen LogP contribution is -2.32. The van der Waals surface area contributed by atoms with Gasteiger partial charge in [-0.25, -0.2) is 9.97 Å². The van der Waals surface area contributed by atoms with Crippen molar-refractivity contribution < 1.29 is 17.9 Å². The summed E-state index contributed by atoms with van der Waals surface area (Å²) in [5.41, 5.74) is 1.72. The van der Waals surface area contributed by atoms with E-state index in [1.54, 1.807) is 24.5 Å². The van der Waals surface area contributed by atoms with E-state index in [0.29, 0.717) is 6.54 Å². The Labute approximate surface area is 137 Å². The summed E-state index contributed by atoms with van der Waals surface area (Å²) < 4.78 is 40.9. The van der Waals surface area contributed by atoms with E-state index in [2.05, 4.69) is 20.0 Å². The fourth-order valence-electron chi connectivity index (χ4n) is 2.72. The number of halogens is 3. The van der Waals surface area contributed by atoms with Crippen molar-refractivity contribution in [3.8, 4) is 5.75 Å². The van der Waals surface area contributed by atoms with Gasteiger partial charge in [-0.1, -0.05) is 6.07 Å². The van der Waals surface area contributed by atoms with Crippen LogP contribution in [0.2, 0.25) is 0 Å². The van der Waals surface area contributed by atoms with Crippen molar-refractivity contribution in [2.45, 2.75) is 25.4 Å². The molecule has 1 N–H and O–H groups in total. The van der Waals surface area contributed by atoms with Gasteiger partial charge >= 0.3 is 6.36 Å². The molecular weight excluding hydrogens is 321 g/mol. The number of nitrogens with one attached hydrogen (secondary N) is 1. The maximum absolute atomic E-state index is 12.3. The molecule has 1 atom stereocenters. The fraction of sp³-hybridized carbons (Fsp3) is 0.375. The Morgan fingerprint density at radius 1 is 1.25 bits per heavy atom. The number of hydrogen-bond donors (Lipinski definition) is 1. The van der Waals surface area contributed by atoms with Crippen LogP contribution in [-0.2, 0) is 6.54 Å². The molecule has 0 spiro atoms. The second kappa shape index (κ2) is 7.04. The molecule has 1 aliphatic heterocycles.